The molecule has 1 heterocycles. The van der Waals surface area contributed by atoms with Gasteiger partial charge in [-0.2, -0.15) is 0 Å². The molecule has 3 rings (SSSR count). The van der Waals surface area contributed by atoms with Crippen molar-refractivity contribution in [1.29, 1.82) is 0 Å². The Morgan fingerprint density at radius 1 is 0.917 bits per heavy atom. The quantitative estimate of drug-likeness (QED) is 0.881. The van der Waals surface area contributed by atoms with Gasteiger partial charge in [-0.15, -0.1) is 0 Å². The smallest absolute Gasteiger partial charge is 0.399 e. The van der Waals surface area contributed by atoms with Crippen LogP contribution in [0.3, 0.4) is 0 Å². The molecule has 0 radical (unpaired) electrons. The molecule has 2 aromatic carbocycles. The molecule has 2 N–H and O–H groups in total. The first-order valence-corrected chi connectivity index (χ1v) is 8.16. The number of hydrogen-bond acceptors (Lipinski definition) is 3. The summed E-state index contributed by atoms with van der Waals surface area (Å²) >= 11 is 0. The predicted octanol–water partition coefficient (Wildman–Crippen LogP) is 3.17. The maximum Gasteiger partial charge on any atom is 0.494 e. The third-order valence-electron chi connectivity index (χ3n) is 5.03. The highest BCUT2D eigenvalue weighted by atomic mass is 19.1. The molecule has 0 spiro atoms. The normalized spacial score (nSPS) is 20.2. The molecule has 1 unspecified atom stereocenters. The number of rotatable bonds is 3. The van der Waals surface area contributed by atoms with Crippen LogP contribution in [-0.4, -0.2) is 18.3 Å². The van der Waals surface area contributed by atoms with Crippen molar-refractivity contribution in [2.75, 3.05) is 0 Å². The Morgan fingerprint density at radius 3 is 2.04 bits per heavy atom. The van der Waals surface area contributed by atoms with Gasteiger partial charge in [0.1, 0.15) is 5.82 Å². The van der Waals surface area contributed by atoms with Crippen LogP contribution >= 0.6 is 0 Å². The van der Waals surface area contributed by atoms with Gasteiger partial charge in [0.15, 0.2) is 0 Å². The summed E-state index contributed by atoms with van der Waals surface area (Å²) < 4.78 is 25.5. The van der Waals surface area contributed by atoms with Crippen molar-refractivity contribution in [2.45, 2.75) is 44.9 Å². The number of hydrogen-bond donors (Lipinski definition) is 1. The average molecular weight is 327 g/mol. The Labute approximate surface area is 143 Å². The SMILES string of the molecule is CC1(C)OB(c2ccc(C(N)c3cccc(F)c3)cc2)OC1(C)C. The Bertz CT molecular complexity index is 714. The maximum atomic E-state index is 13.4. The lowest BCUT2D eigenvalue weighted by atomic mass is 9.78. The first-order valence-electron chi connectivity index (χ1n) is 8.16. The molecule has 1 aliphatic heterocycles. The van der Waals surface area contributed by atoms with Crippen molar-refractivity contribution in [2.24, 2.45) is 5.73 Å². The van der Waals surface area contributed by atoms with E-state index in [2.05, 4.69) is 0 Å². The average Bonchev–Trinajstić information content (AvgIpc) is 2.75. The molecule has 3 nitrogen and oxygen atoms in total. The second kappa shape index (κ2) is 5.99. The molecule has 0 bridgehead atoms. The second-order valence-electron chi connectivity index (χ2n) is 7.29. The molecular weight excluding hydrogens is 304 g/mol. The van der Waals surface area contributed by atoms with Crippen LogP contribution in [0.15, 0.2) is 48.5 Å². The molecule has 2 aromatic rings. The Balaban J connectivity index is 1.79. The Hall–Kier alpha value is -1.69. The lowest BCUT2D eigenvalue weighted by molar-refractivity contribution is 0.00578. The molecule has 1 fully saturated rings. The summed E-state index contributed by atoms with van der Waals surface area (Å²) in [4.78, 5) is 0. The minimum absolute atomic E-state index is 0.281. The van der Waals surface area contributed by atoms with Gasteiger partial charge in [-0.05, 0) is 56.4 Å². The summed E-state index contributed by atoms with van der Waals surface area (Å²) in [5.74, 6) is -0.281. The summed E-state index contributed by atoms with van der Waals surface area (Å²) in [6, 6.07) is 13.8. The molecule has 0 amide bonds. The minimum atomic E-state index is -0.394. The van der Waals surface area contributed by atoms with Gasteiger partial charge in [0.05, 0.1) is 17.2 Å². The van der Waals surface area contributed by atoms with Crippen LogP contribution in [0, 0.1) is 5.82 Å². The van der Waals surface area contributed by atoms with Crippen LogP contribution in [0.1, 0.15) is 44.9 Å². The van der Waals surface area contributed by atoms with E-state index in [0.29, 0.717) is 0 Å². The summed E-state index contributed by atoms with van der Waals surface area (Å²) in [6.45, 7) is 8.12. The van der Waals surface area contributed by atoms with Gasteiger partial charge >= 0.3 is 7.12 Å². The molecule has 1 aliphatic rings. The van der Waals surface area contributed by atoms with E-state index in [9.17, 15) is 4.39 Å². The molecule has 1 saturated heterocycles. The van der Waals surface area contributed by atoms with Gasteiger partial charge in [-0.1, -0.05) is 36.4 Å². The molecule has 5 heteroatoms. The van der Waals surface area contributed by atoms with Crippen LogP contribution in [0.5, 0.6) is 0 Å². The standard InChI is InChI=1S/C19H23BFNO2/c1-18(2)19(3,4)24-20(23-18)15-10-8-13(9-11-15)17(22)14-6-5-7-16(21)12-14/h5-12,17H,22H2,1-4H3. The third-order valence-corrected chi connectivity index (χ3v) is 5.03. The highest BCUT2D eigenvalue weighted by Gasteiger charge is 2.51. The van der Waals surface area contributed by atoms with Crippen molar-refractivity contribution < 1.29 is 13.7 Å². The monoisotopic (exact) mass is 327 g/mol. The highest BCUT2D eigenvalue weighted by molar-refractivity contribution is 6.62. The second-order valence-corrected chi connectivity index (χ2v) is 7.29. The van der Waals surface area contributed by atoms with Crippen molar-refractivity contribution in [3.63, 3.8) is 0 Å². The summed E-state index contributed by atoms with van der Waals surface area (Å²) in [5.41, 5.74) is 8.13. The summed E-state index contributed by atoms with van der Waals surface area (Å²) in [5, 5.41) is 0. The molecule has 0 saturated carbocycles. The van der Waals surface area contributed by atoms with Gasteiger partial charge < -0.3 is 15.0 Å². The molecule has 126 valence electrons. The van der Waals surface area contributed by atoms with E-state index in [1.165, 1.54) is 12.1 Å². The fourth-order valence-electron chi connectivity index (χ4n) is 2.73. The van der Waals surface area contributed by atoms with E-state index in [-0.39, 0.29) is 23.1 Å². The predicted molar refractivity (Wildman–Crippen MR) is 94.6 cm³/mol. The van der Waals surface area contributed by atoms with E-state index in [1.807, 2.05) is 58.0 Å². The maximum absolute atomic E-state index is 13.4. The lowest BCUT2D eigenvalue weighted by Gasteiger charge is -2.32. The third kappa shape index (κ3) is 3.12. The van der Waals surface area contributed by atoms with Crippen LogP contribution < -0.4 is 11.2 Å². The van der Waals surface area contributed by atoms with Crippen LogP contribution in [0.2, 0.25) is 0 Å². The van der Waals surface area contributed by atoms with E-state index in [0.717, 1.165) is 16.6 Å². The summed E-state index contributed by atoms with van der Waals surface area (Å²) in [7, 11) is -0.394. The van der Waals surface area contributed by atoms with E-state index >= 15 is 0 Å². The largest absolute Gasteiger partial charge is 0.494 e. The van der Waals surface area contributed by atoms with E-state index in [4.69, 9.17) is 15.0 Å². The zero-order valence-electron chi connectivity index (χ0n) is 14.5. The van der Waals surface area contributed by atoms with Crippen molar-refractivity contribution in [3.8, 4) is 0 Å². The van der Waals surface area contributed by atoms with Crippen LogP contribution in [-0.2, 0) is 9.31 Å². The molecular formula is C19H23BFNO2. The molecule has 1 atom stereocenters. The fraction of sp³-hybridized carbons (Fsp3) is 0.368. The fourth-order valence-corrected chi connectivity index (χ4v) is 2.73. The van der Waals surface area contributed by atoms with Gasteiger partial charge in [0.2, 0.25) is 0 Å². The van der Waals surface area contributed by atoms with Crippen LogP contribution in [0.4, 0.5) is 4.39 Å². The first kappa shape index (κ1) is 17.1. The van der Waals surface area contributed by atoms with Crippen molar-refractivity contribution in [1.82, 2.24) is 0 Å². The van der Waals surface area contributed by atoms with Gasteiger partial charge in [-0.25, -0.2) is 4.39 Å². The number of halogens is 1. The zero-order chi connectivity index (χ0) is 17.5. The van der Waals surface area contributed by atoms with Gasteiger partial charge in [0, 0.05) is 0 Å². The zero-order valence-corrected chi connectivity index (χ0v) is 14.5. The van der Waals surface area contributed by atoms with Crippen molar-refractivity contribution >= 4 is 12.6 Å². The molecule has 24 heavy (non-hydrogen) atoms. The lowest BCUT2D eigenvalue weighted by Crippen LogP contribution is -2.41. The van der Waals surface area contributed by atoms with Crippen LogP contribution in [0.25, 0.3) is 0 Å². The summed E-state index contributed by atoms with van der Waals surface area (Å²) in [6.07, 6.45) is 0. The topological polar surface area (TPSA) is 44.5 Å². The minimum Gasteiger partial charge on any atom is -0.399 e. The van der Waals surface area contributed by atoms with E-state index in [1.54, 1.807) is 6.07 Å². The van der Waals surface area contributed by atoms with Gasteiger partial charge in [0.25, 0.3) is 0 Å². The Kier molecular flexibility index (Phi) is 4.28. The van der Waals surface area contributed by atoms with E-state index < -0.39 is 7.12 Å². The highest BCUT2D eigenvalue weighted by Crippen LogP contribution is 2.36. The Morgan fingerprint density at radius 2 is 1.50 bits per heavy atom. The number of benzene rings is 2. The molecule has 0 aromatic heterocycles. The van der Waals surface area contributed by atoms with Gasteiger partial charge in [-0.3, -0.25) is 0 Å². The molecule has 0 aliphatic carbocycles. The van der Waals surface area contributed by atoms with Crippen molar-refractivity contribution in [3.05, 3.63) is 65.5 Å². The number of nitrogens with two attached hydrogens (primary N) is 1. The first-order chi connectivity index (χ1) is 11.2.